The van der Waals surface area contributed by atoms with Crippen LogP contribution in [0.3, 0.4) is 0 Å². The Morgan fingerprint density at radius 2 is 1.82 bits per heavy atom. The number of ether oxygens (including phenoxy) is 1. The van der Waals surface area contributed by atoms with Gasteiger partial charge in [-0.25, -0.2) is 4.79 Å². The summed E-state index contributed by atoms with van der Waals surface area (Å²) in [6, 6.07) is 18.9. The van der Waals surface area contributed by atoms with E-state index in [4.69, 9.17) is 4.74 Å². The predicted molar refractivity (Wildman–Crippen MR) is 125 cm³/mol. The normalized spacial score (nSPS) is 14.5. The number of nitrogens with one attached hydrogen (secondary N) is 1. The van der Waals surface area contributed by atoms with Gasteiger partial charge in [0.2, 0.25) is 0 Å². The van der Waals surface area contributed by atoms with Crippen LogP contribution in [0, 0.1) is 25.2 Å². The number of carbonyl (C=O) groups is 2. The van der Waals surface area contributed by atoms with E-state index in [1.165, 1.54) is 4.90 Å². The van der Waals surface area contributed by atoms with E-state index < -0.39 is 6.03 Å². The Morgan fingerprint density at radius 3 is 2.48 bits per heavy atom. The molecule has 0 bridgehead atoms. The molecule has 1 aromatic heterocycles. The molecular weight excluding hydrogens is 416 g/mol. The highest BCUT2D eigenvalue weighted by Crippen LogP contribution is 2.25. The number of nitriles is 1. The minimum absolute atomic E-state index is 0.281. The predicted octanol–water partition coefficient (Wildman–Crippen LogP) is 4.46. The molecule has 4 rings (SSSR count). The van der Waals surface area contributed by atoms with E-state index in [-0.39, 0.29) is 11.6 Å². The lowest BCUT2D eigenvalue weighted by molar-refractivity contribution is -0.122. The molecule has 0 atom stereocenters. The number of hydrogen-bond donors (Lipinski definition) is 1. The number of rotatable bonds is 6. The zero-order valence-electron chi connectivity index (χ0n) is 18.8. The number of hydrogen-bond acceptors (Lipinski definition) is 4. The molecule has 1 aliphatic rings. The molecule has 0 radical (unpaired) electrons. The van der Waals surface area contributed by atoms with Gasteiger partial charge < -0.3 is 14.6 Å². The minimum atomic E-state index is -0.393. The molecule has 2 heterocycles. The second-order valence-corrected chi connectivity index (χ2v) is 7.75. The number of imide groups is 1. The van der Waals surface area contributed by atoms with Crippen molar-refractivity contribution in [2.24, 2.45) is 0 Å². The van der Waals surface area contributed by atoms with Gasteiger partial charge in [0.25, 0.3) is 5.91 Å². The quantitative estimate of drug-likeness (QED) is 0.453. The smallest absolute Gasteiger partial charge is 0.328 e. The van der Waals surface area contributed by atoms with Crippen molar-refractivity contribution in [3.05, 3.63) is 88.4 Å². The Kier molecular flexibility index (Phi) is 6.01. The molecule has 3 amide bonds. The first-order chi connectivity index (χ1) is 15.9. The molecule has 1 aliphatic heterocycles. The molecule has 3 aromatic rings. The van der Waals surface area contributed by atoms with Crippen LogP contribution in [0.15, 0.2) is 60.3 Å². The molecule has 0 saturated carbocycles. The fraction of sp³-hybridized carbons (Fsp3) is 0.192. The molecule has 1 saturated heterocycles. The average molecular weight is 441 g/mol. The fourth-order valence-electron chi connectivity index (χ4n) is 3.95. The highest BCUT2D eigenvalue weighted by atomic mass is 16.5. The molecule has 0 unspecified atom stereocenters. The van der Waals surface area contributed by atoms with Crippen LogP contribution < -0.4 is 10.1 Å². The Balaban J connectivity index is 1.54. The van der Waals surface area contributed by atoms with Crippen molar-refractivity contribution in [1.82, 2.24) is 14.8 Å². The maximum Gasteiger partial charge on any atom is 0.328 e. The number of urea groups is 1. The van der Waals surface area contributed by atoms with Crippen molar-refractivity contribution in [2.45, 2.75) is 27.4 Å². The topological polar surface area (TPSA) is 87.4 Å². The van der Waals surface area contributed by atoms with Crippen molar-refractivity contribution in [1.29, 1.82) is 5.26 Å². The molecular formula is C26H24N4O3. The summed E-state index contributed by atoms with van der Waals surface area (Å²) in [6.07, 6.45) is 1.72. The fourth-order valence-corrected chi connectivity index (χ4v) is 3.95. The van der Waals surface area contributed by atoms with E-state index in [1.54, 1.807) is 19.1 Å². The third kappa shape index (κ3) is 4.23. The summed E-state index contributed by atoms with van der Waals surface area (Å²) in [5.41, 5.74) is 5.50. The molecule has 7 heteroatoms. The van der Waals surface area contributed by atoms with Crippen LogP contribution >= 0.6 is 0 Å². The number of benzene rings is 2. The number of carbonyl (C=O) groups excluding carboxylic acids is 2. The van der Waals surface area contributed by atoms with Crippen molar-refractivity contribution in [3.8, 4) is 17.5 Å². The third-order valence-corrected chi connectivity index (χ3v) is 5.68. The van der Waals surface area contributed by atoms with Gasteiger partial charge in [0.05, 0.1) is 11.6 Å². The Labute approximate surface area is 192 Å². The van der Waals surface area contributed by atoms with Gasteiger partial charge in [-0.05, 0) is 68.8 Å². The van der Waals surface area contributed by atoms with Gasteiger partial charge >= 0.3 is 6.03 Å². The summed E-state index contributed by atoms with van der Waals surface area (Å²) in [5, 5.41) is 11.9. The summed E-state index contributed by atoms with van der Waals surface area (Å²) in [7, 11) is 0. The van der Waals surface area contributed by atoms with Gasteiger partial charge in [0, 0.05) is 29.2 Å². The number of nitrogens with zero attached hydrogens (tertiary/aromatic N) is 3. The van der Waals surface area contributed by atoms with Crippen LogP contribution in [0.4, 0.5) is 4.79 Å². The van der Waals surface area contributed by atoms with Gasteiger partial charge in [0.1, 0.15) is 18.1 Å². The third-order valence-electron chi connectivity index (χ3n) is 5.68. The van der Waals surface area contributed by atoms with Crippen molar-refractivity contribution in [3.63, 3.8) is 0 Å². The van der Waals surface area contributed by atoms with Crippen LogP contribution in [-0.2, 0) is 11.4 Å². The van der Waals surface area contributed by atoms with Gasteiger partial charge in [-0.15, -0.1) is 0 Å². The molecule has 1 N–H and O–H groups in total. The standard InChI is InChI=1S/C26H24N4O3/c1-4-29-25(31)24(28-26(29)32)14-21-13-17(2)30(18(21)3)22-9-11-23(12-10-22)33-16-20-8-6-5-7-19(20)15-27/h5-14H,4,16H2,1-3H3,(H,28,32)/b24-14+. The van der Waals surface area contributed by atoms with E-state index in [0.29, 0.717) is 24.5 Å². The Hall–Kier alpha value is -4.31. The SMILES string of the molecule is CCN1C(=O)N/C(=C/c2cc(C)n(-c3ccc(OCc4ccccc4C#N)cc3)c2C)C1=O. The van der Waals surface area contributed by atoms with Gasteiger partial charge in [0.15, 0.2) is 0 Å². The number of amides is 3. The minimum Gasteiger partial charge on any atom is -0.489 e. The maximum absolute atomic E-state index is 12.4. The lowest BCUT2D eigenvalue weighted by Crippen LogP contribution is -2.30. The summed E-state index contributed by atoms with van der Waals surface area (Å²) < 4.78 is 7.95. The summed E-state index contributed by atoms with van der Waals surface area (Å²) >= 11 is 0. The first-order valence-electron chi connectivity index (χ1n) is 10.7. The molecule has 1 fully saturated rings. The second-order valence-electron chi connectivity index (χ2n) is 7.75. The van der Waals surface area contributed by atoms with E-state index in [0.717, 1.165) is 28.2 Å². The first-order valence-corrected chi connectivity index (χ1v) is 10.7. The molecule has 0 aliphatic carbocycles. The summed E-state index contributed by atoms with van der Waals surface area (Å²) in [5.74, 6) is 0.391. The van der Waals surface area contributed by atoms with Gasteiger partial charge in [-0.2, -0.15) is 5.26 Å². The average Bonchev–Trinajstić information content (AvgIpc) is 3.26. The molecule has 33 heavy (non-hydrogen) atoms. The number of aryl methyl sites for hydroxylation is 1. The van der Waals surface area contributed by atoms with Crippen LogP contribution in [0.1, 0.15) is 35.0 Å². The zero-order valence-corrected chi connectivity index (χ0v) is 18.8. The van der Waals surface area contributed by atoms with Crippen LogP contribution in [0.25, 0.3) is 11.8 Å². The largest absolute Gasteiger partial charge is 0.489 e. The highest BCUT2D eigenvalue weighted by Gasteiger charge is 2.32. The monoisotopic (exact) mass is 440 g/mol. The van der Waals surface area contributed by atoms with Crippen molar-refractivity contribution >= 4 is 18.0 Å². The maximum atomic E-state index is 12.4. The highest BCUT2D eigenvalue weighted by molar-refractivity contribution is 6.14. The van der Waals surface area contributed by atoms with Crippen molar-refractivity contribution < 1.29 is 14.3 Å². The Bertz CT molecular complexity index is 1300. The van der Waals surface area contributed by atoms with Crippen molar-refractivity contribution in [2.75, 3.05) is 6.54 Å². The summed E-state index contributed by atoms with van der Waals surface area (Å²) in [4.78, 5) is 25.5. The number of aromatic nitrogens is 1. The van der Waals surface area contributed by atoms with Crippen LogP contribution in [0.5, 0.6) is 5.75 Å². The molecule has 2 aromatic carbocycles. The van der Waals surface area contributed by atoms with E-state index in [1.807, 2.05) is 62.4 Å². The van der Waals surface area contributed by atoms with Gasteiger partial charge in [-0.3, -0.25) is 9.69 Å². The van der Waals surface area contributed by atoms with E-state index >= 15 is 0 Å². The lowest BCUT2D eigenvalue weighted by atomic mass is 10.1. The molecule has 0 spiro atoms. The molecule has 7 nitrogen and oxygen atoms in total. The molecule has 166 valence electrons. The van der Waals surface area contributed by atoms with Crippen LogP contribution in [-0.4, -0.2) is 28.0 Å². The van der Waals surface area contributed by atoms with E-state index in [2.05, 4.69) is 16.0 Å². The second kappa shape index (κ2) is 9.05. The zero-order chi connectivity index (χ0) is 23.5. The van der Waals surface area contributed by atoms with E-state index in [9.17, 15) is 14.9 Å². The Morgan fingerprint density at radius 1 is 1.09 bits per heavy atom. The lowest BCUT2D eigenvalue weighted by Gasteiger charge is -2.12. The van der Waals surface area contributed by atoms with Crippen LogP contribution in [0.2, 0.25) is 0 Å². The summed E-state index contributed by atoms with van der Waals surface area (Å²) in [6.45, 7) is 6.38. The number of likely N-dealkylation sites (N-methyl/N-ethyl adjacent to an activating group) is 1. The van der Waals surface area contributed by atoms with Gasteiger partial charge in [-0.1, -0.05) is 18.2 Å². The first kappa shape index (κ1) is 21.9.